The lowest BCUT2D eigenvalue weighted by Crippen LogP contribution is -2.17. The van der Waals surface area contributed by atoms with Gasteiger partial charge in [0.1, 0.15) is 11.6 Å². The SMILES string of the molecule is CN(CCC#N)c1ccc(/C=C(\C#N)C(=O)Nc2cc(C(F)(F)F)ccc2Cl)cc1. The maximum atomic E-state index is 12.9. The summed E-state index contributed by atoms with van der Waals surface area (Å²) in [5, 5.41) is 20.1. The molecule has 2 rings (SSSR count). The minimum Gasteiger partial charge on any atom is -0.374 e. The number of carbonyl (C=O) groups is 1. The molecule has 0 saturated carbocycles. The number of hydrogen-bond acceptors (Lipinski definition) is 4. The fourth-order valence-corrected chi connectivity index (χ4v) is 2.64. The van der Waals surface area contributed by atoms with Gasteiger partial charge in [0.15, 0.2) is 0 Å². The predicted molar refractivity (Wildman–Crippen MR) is 109 cm³/mol. The summed E-state index contributed by atoms with van der Waals surface area (Å²) in [6.45, 7) is 0.551. The monoisotopic (exact) mass is 432 g/mol. The van der Waals surface area contributed by atoms with Gasteiger partial charge in [-0.2, -0.15) is 23.7 Å². The highest BCUT2D eigenvalue weighted by atomic mass is 35.5. The van der Waals surface area contributed by atoms with Crippen LogP contribution in [0.25, 0.3) is 6.08 Å². The zero-order valence-electron chi connectivity index (χ0n) is 15.8. The molecule has 0 saturated heterocycles. The standard InChI is InChI=1S/C21H16ClF3N4O/c1-29(10-2-9-26)17-6-3-14(4-7-17)11-15(13-27)20(30)28-19-12-16(21(23,24)25)5-8-18(19)22/h3-8,11-12H,2,10H2,1H3,(H,28,30)/b15-11+. The van der Waals surface area contributed by atoms with Gasteiger partial charge < -0.3 is 10.2 Å². The molecule has 2 aromatic carbocycles. The molecule has 0 aromatic heterocycles. The van der Waals surface area contributed by atoms with Crippen molar-refractivity contribution >= 4 is 35.0 Å². The van der Waals surface area contributed by atoms with Crippen molar-refractivity contribution < 1.29 is 18.0 Å². The van der Waals surface area contributed by atoms with E-state index in [0.29, 0.717) is 24.6 Å². The number of hydrogen-bond donors (Lipinski definition) is 1. The lowest BCUT2D eigenvalue weighted by Gasteiger charge is -2.17. The maximum absolute atomic E-state index is 12.9. The van der Waals surface area contributed by atoms with Gasteiger partial charge in [0.2, 0.25) is 0 Å². The van der Waals surface area contributed by atoms with E-state index in [4.69, 9.17) is 16.9 Å². The lowest BCUT2D eigenvalue weighted by molar-refractivity contribution is -0.137. The fraction of sp³-hybridized carbons (Fsp3) is 0.190. The van der Waals surface area contributed by atoms with Crippen LogP contribution >= 0.6 is 11.6 Å². The van der Waals surface area contributed by atoms with E-state index < -0.39 is 17.6 Å². The summed E-state index contributed by atoms with van der Waals surface area (Å²) in [6.07, 6.45) is -2.91. The molecule has 1 amide bonds. The summed E-state index contributed by atoms with van der Waals surface area (Å²) in [5.74, 6) is -0.881. The van der Waals surface area contributed by atoms with Gasteiger partial charge in [-0.3, -0.25) is 4.79 Å². The molecule has 0 fully saturated rings. The number of nitrogens with zero attached hydrogens (tertiary/aromatic N) is 3. The first-order valence-corrected chi connectivity index (χ1v) is 9.01. The average molecular weight is 433 g/mol. The van der Waals surface area contributed by atoms with E-state index in [9.17, 15) is 23.2 Å². The average Bonchev–Trinajstić information content (AvgIpc) is 2.71. The van der Waals surface area contributed by atoms with Crippen LogP contribution in [0.3, 0.4) is 0 Å². The van der Waals surface area contributed by atoms with Crippen LogP contribution in [0.15, 0.2) is 48.0 Å². The number of carbonyl (C=O) groups excluding carboxylic acids is 1. The van der Waals surface area contributed by atoms with E-state index in [2.05, 4.69) is 11.4 Å². The molecule has 1 N–H and O–H groups in total. The Kier molecular flexibility index (Phi) is 7.46. The Morgan fingerprint density at radius 2 is 1.87 bits per heavy atom. The molecule has 0 radical (unpaired) electrons. The van der Waals surface area contributed by atoms with Crippen LogP contribution in [0.5, 0.6) is 0 Å². The maximum Gasteiger partial charge on any atom is 0.416 e. The molecule has 9 heteroatoms. The highest BCUT2D eigenvalue weighted by Gasteiger charge is 2.31. The third-order valence-corrected chi connectivity index (χ3v) is 4.44. The highest BCUT2D eigenvalue weighted by Crippen LogP contribution is 2.34. The number of alkyl halides is 3. The van der Waals surface area contributed by atoms with Gasteiger partial charge in [-0.1, -0.05) is 23.7 Å². The normalized spacial score (nSPS) is 11.4. The zero-order valence-corrected chi connectivity index (χ0v) is 16.6. The van der Waals surface area contributed by atoms with E-state index >= 15 is 0 Å². The molecule has 5 nitrogen and oxygen atoms in total. The molecule has 0 heterocycles. The minimum absolute atomic E-state index is 0.0848. The Labute approximate surface area is 176 Å². The molecule has 154 valence electrons. The van der Waals surface area contributed by atoms with Crippen molar-refractivity contribution in [2.75, 3.05) is 23.8 Å². The molecule has 0 aliphatic carbocycles. The second-order valence-corrected chi connectivity index (χ2v) is 6.64. The van der Waals surface area contributed by atoms with E-state index in [1.807, 2.05) is 11.9 Å². The fourth-order valence-electron chi connectivity index (χ4n) is 2.47. The van der Waals surface area contributed by atoms with Crippen molar-refractivity contribution in [2.24, 2.45) is 0 Å². The minimum atomic E-state index is -4.60. The Hall–Kier alpha value is -3.49. The number of nitriles is 2. The van der Waals surface area contributed by atoms with Crippen LogP contribution in [-0.4, -0.2) is 19.5 Å². The summed E-state index contributed by atoms with van der Waals surface area (Å²) < 4.78 is 38.6. The number of benzene rings is 2. The number of rotatable bonds is 6. The summed E-state index contributed by atoms with van der Waals surface area (Å²) in [6, 6.07) is 13.2. The Morgan fingerprint density at radius 3 is 2.43 bits per heavy atom. The van der Waals surface area contributed by atoms with Crippen molar-refractivity contribution in [3.05, 3.63) is 64.2 Å². The third-order valence-electron chi connectivity index (χ3n) is 4.11. The Morgan fingerprint density at radius 1 is 1.20 bits per heavy atom. The topological polar surface area (TPSA) is 79.9 Å². The molecule has 0 spiro atoms. The van der Waals surface area contributed by atoms with Crippen LogP contribution in [0.4, 0.5) is 24.5 Å². The van der Waals surface area contributed by atoms with Gasteiger partial charge in [-0.05, 0) is 42.0 Å². The quantitative estimate of drug-likeness (QED) is 0.499. The molecule has 0 bridgehead atoms. The summed E-state index contributed by atoms with van der Waals surface area (Å²) in [7, 11) is 1.83. The molecular formula is C21H16ClF3N4O. The molecule has 0 unspecified atom stereocenters. The van der Waals surface area contributed by atoms with Crippen molar-refractivity contribution in [3.63, 3.8) is 0 Å². The van der Waals surface area contributed by atoms with E-state index in [1.165, 1.54) is 6.08 Å². The van der Waals surface area contributed by atoms with Gasteiger partial charge in [0, 0.05) is 19.3 Å². The van der Waals surface area contributed by atoms with Crippen molar-refractivity contribution in [2.45, 2.75) is 12.6 Å². The third kappa shape index (κ3) is 6.00. The summed E-state index contributed by atoms with van der Waals surface area (Å²) in [5.41, 5.74) is -0.114. The number of halogens is 4. The van der Waals surface area contributed by atoms with Gasteiger partial charge in [-0.15, -0.1) is 0 Å². The molecular weight excluding hydrogens is 417 g/mol. The first-order chi connectivity index (χ1) is 14.2. The van der Waals surface area contributed by atoms with Crippen LogP contribution < -0.4 is 10.2 Å². The van der Waals surface area contributed by atoms with Crippen molar-refractivity contribution in [1.29, 1.82) is 10.5 Å². The van der Waals surface area contributed by atoms with Gasteiger partial charge in [0.05, 0.1) is 28.8 Å². The molecule has 0 atom stereocenters. The van der Waals surface area contributed by atoms with Gasteiger partial charge >= 0.3 is 6.18 Å². The van der Waals surface area contributed by atoms with Crippen molar-refractivity contribution in [3.8, 4) is 12.1 Å². The number of amides is 1. The molecule has 2 aromatic rings. The van der Waals surface area contributed by atoms with E-state index in [1.54, 1.807) is 30.3 Å². The first kappa shape index (κ1) is 22.8. The predicted octanol–water partition coefficient (Wildman–Crippen LogP) is 5.25. The largest absolute Gasteiger partial charge is 0.416 e. The smallest absolute Gasteiger partial charge is 0.374 e. The van der Waals surface area contributed by atoms with Crippen LogP contribution in [-0.2, 0) is 11.0 Å². The van der Waals surface area contributed by atoms with Crippen LogP contribution in [0.1, 0.15) is 17.5 Å². The first-order valence-electron chi connectivity index (χ1n) is 8.63. The molecule has 30 heavy (non-hydrogen) atoms. The molecule has 0 aliphatic rings. The van der Waals surface area contributed by atoms with Crippen LogP contribution in [0.2, 0.25) is 5.02 Å². The number of anilines is 2. The highest BCUT2D eigenvalue weighted by molar-refractivity contribution is 6.34. The molecule has 0 aliphatic heterocycles. The zero-order chi connectivity index (χ0) is 22.3. The van der Waals surface area contributed by atoms with E-state index in [0.717, 1.165) is 17.8 Å². The van der Waals surface area contributed by atoms with E-state index in [-0.39, 0.29) is 16.3 Å². The number of nitrogens with one attached hydrogen (secondary N) is 1. The summed E-state index contributed by atoms with van der Waals surface area (Å²) >= 11 is 5.87. The van der Waals surface area contributed by atoms with Crippen molar-refractivity contribution in [1.82, 2.24) is 0 Å². The van der Waals surface area contributed by atoms with Gasteiger partial charge in [-0.25, -0.2) is 0 Å². The second kappa shape index (κ2) is 9.82. The summed E-state index contributed by atoms with van der Waals surface area (Å²) in [4.78, 5) is 14.3. The second-order valence-electron chi connectivity index (χ2n) is 6.24. The van der Waals surface area contributed by atoms with Crippen LogP contribution in [0, 0.1) is 22.7 Å². The Balaban J connectivity index is 2.20. The Bertz CT molecular complexity index is 1030. The van der Waals surface area contributed by atoms with Gasteiger partial charge in [0.25, 0.3) is 5.91 Å². The lowest BCUT2D eigenvalue weighted by atomic mass is 10.1.